The minimum Gasteiger partial charge on any atom is -0.493 e. The second-order valence-corrected chi connectivity index (χ2v) is 8.32. The maximum absolute atomic E-state index is 12.6. The lowest BCUT2D eigenvalue weighted by Gasteiger charge is -2.14. The van der Waals surface area contributed by atoms with Gasteiger partial charge in [-0.15, -0.1) is 0 Å². The van der Waals surface area contributed by atoms with Crippen molar-refractivity contribution in [3.8, 4) is 17.6 Å². The number of aromatic carboxylic acids is 1. The van der Waals surface area contributed by atoms with Crippen LogP contribution in [-0.4, -0.2) is 24.1 Å². The average molecular weight is 532 g/mol. The number of carbonyl (C=O) groups is 2. The molecule has 0 saturated carbocycles. The molecule has 0 heterocycles. The van der Waals surface area contributed by atoms with Crippen LogP contribution in [0.1, 0.15) is 21.5 Å². The highest BCUT2D eigenvalue weighted by atomic mass is 35.5. The van der Waals surface area contributed by atoms with Gasteiger partial charge in [0.25, 0.3) is 5.91 Å². The van der Waals surface area contributed by atoms with Crippen molar-refractivity contribution < 1.29 is 24.2 Å². The molecule has 0 spiro atoms. The summed E-state index contributed by atoms with van der Waals surface area (Å²) in [4.78, 5) is 23.7. The van der Waals surface area contributed by atoms with Gasteiger partial charge in [-0.05, 0) is 54.1 Å². The zero-order chi connectivity index (χ0) is 25.5. The smallest absolute Gasteiger partial charge is 0.335 e. The van der Waals surface area contributed by atoms with Crippen molar-refractivity contribution in [1.29, 1.82) is 5.26 Å². The third kappa shape index (κ3) is 6.67. The molecule has 0 bridgehead atoms. The van der Waals surface area contributed by atoms with Crippen LogP contribution in [0.5, 0.6) is 11.5 Å². The molecule has 3 aromatic carbocycles. The van der Waals surface area contributed by atoms with Gasteiger partial charge < -0.3 is 19.9 Å². The summed E-state index contributed by atoms with van der Waals surface area (Å²) >= 11 is 18.5. The lowest BCUT2D eigenvalue weighted by atomic mass is 10.1. The Labute approximate surface area is 216 Å². The summed E-state index contributed by atoms with van der Waals surface area (Å²) in [5.41, 5.74) is 1.10. The number of anilines is 1. The van der Waals surface area contributed by atoms with Crippen molar-refractivity contribution in [2.45, 2.75) is 6.61 Å². The van der Waals surface area contributed by atoms with Gasteiger partial charge in [0.1, 0.15) is 18.2 Å². The van der Waals surface area contributed by atoms with E-state index in [1.165, 1.54) is 43.5 Å². The third-order valence-corrected chi connectivity index (χ3v) is 5.55. The molecule has 0 aliphatic rings. The van der Waals surface area contributed by atoms with Crippen LogP contribution >= 0.6 is 34.8 Å². The molecule has 35 heavy (non-hydrogen) atoms. The van der Waals surface area contributed by atoms with Gasteiger partial charge in [0.15, 0.2) is 11.5 Å². The van der Waals surface area contributed by atoms with Crippen molar-refractivity contribution in [2.75, 3.05) is 12.4 Å². The number of hydrogen-bond donors (Lipinski definition) is 2. The number of ether oxygens (including phenoxy) is 2. The number of carboxylic acids is 1. The molecule has 7 nitrogen and oxygen atoms in total. The molecule has 0 saturated heterocycles. The highest BCUT2D eigenvalue weighted by Crippen LogP contribution is 2.38. The molecule has 3 aromatic rings. The molecule has 0 fully saturated rings. The Morgan fingerprint density at radius 1 is 1.09 bits per heavy atom. The summed E-state index contributed by atoms with van der Waals surface area (Å²) in [6.07, 6.45) is 1.32. The molecular formula is C25H17Cl3N2O5. The van der Waals surface area contributed by atoms with E-state index < -0.39 is 11.9 Å². The van der Waals surface area contributed by atoms with Crippen LogP contribution in [-0.2, 0) is 11.4 Å². The summed E-state index contributed by atoms with van der Waals surface area (Å²) < 4.78 is 11.2. The average Bonchev–Trinajstić information content (AvgIpc) is 2.82. The molecule has 0 aromatic heterocycles. The van der Waals surface area contributed by atoms with Crippen molar-refractivity contribution in [1.82, 2.24) is 0 Å². The van der Waals surface area contributed by atoms with E-state index in [1.54, 1.807) is 24.3 Å². The van der Waals surface area contributed by atoms with Gasteiger partial charge in [-0.3, -0.25) is 4.79 Å². The molecular weight excluding hydrogens is 515 g/mol. The summed E-state index contributed by atoms with van der Waals surface area (Å²) in [6, 6.07) is 15.6. The van der Waals surface area contributed by atoms with Gasteiger partial charge in [0, 0.05) is 21.3 Å². The minimum atomic E-state index is -1.14. The van der Waals surface area contributed by atoms with Crippen molar-refractivity contribution >= 4 is 58.4 Å². The van der Waals surface area contributed by atoms with Gasteiger partial charge >= 0.3 is 5.97 Å². The maximum Gasteiger partial charge on any atom is 0.335 e. The molecule has 178 valence electrons. The fraction of sp³-hybridized carbons (Fsp3) is 0.0800. The highest BCUT2D eigenvalue weighted by molar-refractivity contribution is 6.35. The van der Waals surface area contributed by atoms with Gasteiger partial charge in [0.05, 0.1) is 17.7 Å². The van der Waals surface area contributed by atoms with Crippen molar-refractivity contribution in [2.24, 2.45) is 0 Å². The number of halogens is 3. The standard InChI is InChI=1S/C25H17Cl3N2O5/c1-34-22-9-14(8-21(28)23(22)35-13-16-5-6-18(26)11-20(16)27)7-17(12-29)24(31)30-19-4-2-3-15(10-19)25(32)33/h2-11H,13H2,1H3,(H,30,31)(H,32,33)/b17-7-. The van der Waals surface area contributed by atoms with Crippen LogP contribution < -0.4 is 14.8 Å². The Morgan fingerprint density at radius 2 is 1.86 bits per heavy atom. The van der Waals surface area contributed by atoms with Crippen molar-refractivity contribution in [3.05, 3.63) is 91.9 Å². The highest BCUT2D eigenvalue weighted by Gasteiger charge is 2.16. The Morgan fingerprint density at radius 3 is 2.51 bits per heavy atom. The molecule has 0 unspecified atom stereocenters. The van der Waals surface area contributed by atoms with E-state index in [9.17, 15) is 14.9 Å². The maximum atomic E-state index is 12.6. The van der Waals surface area contributed by atoms with Gasteiger partial charge in [-0.25, -0.2) is 4.79 Å². The predicted octanol–water partition coefficient (Wildman–Crippen LogP) is 6.48. The van der Waals surface area contributed by atoms with Crippen LogP contribution in [0, 0.1) is 11.3 Å². The third-order valence-electron chi connectivity index (χ3n) is 4.68. The number of carboxylic acid groups (broad SMARTS) is 1. The zero-order valence-electron chi connectivity index (χ0n) is 18.1. The SMILES string of the molecule is COc1cc(/C=C(/C#N)C(=O)Nc2cccc(C(=O)O)c2)cc(Cl)c1OCc1ccc(Cl)cc1Cl. The monoisotopic (exact) mass is 530 g/mol. The van der Waals surface area contributed by atoms with E-state index in [1.807, 2.05) is 6.07 Å². The molecule has 0 aliphatic carbocycles. The number of nitrogens with zero attached hydrogens (tertiary/aromatic N) is 1. The molecule has 0 aliphatic heterocycles. The van der Waals surface area contributed by atoms with Crippen LogP contribution in [0.25, 0.3) is 6.08 Å². The summed E-state index contributed by atoms with van der Waals surface area (Å²) in [5.74, 6) is -1.33. The summed E-state index contributed by atoms with van der Waals surface area (Å²) in [6.45, 7) is 0.0997. The fourth-order valence-corrected chi connectivity index (χ4v) is 3.73. The number of nitrogens with one attached hydrogen (secondary N) is 1. The number of methoxy groups -OCH3 is 1. The van der Waals surface area contributed by atoms with E-state index >= 15 is 0 Å². The largest absolute Gasteiger partial charge is 0.493 e. The van der Waals surface area contributed by atoms with Crippen LogP contribution in [0.15, 0.2) is 60.2 Å². The van der Waals surface area contributed by atoms with E-state index in [2.05, 4.69) is 5.32 Å². The summed E-state index contributed by atoms with van der Waals surface area (Å²) in [5, 5.41) is 22.2. The van der Waals surface area contributed by atoms with Crippen LogP contribution in [0.4, 0.5) is 5.69 Å². The van der Waals surface area contributed by atoms with Crippen molar-refractivity contribution in [3.63, 3.8) is 0 Å². The number of amides is 1. The number of benzene rings is 3. The zero-order valence-corrected chi connectivity index (χ0v) is 20.4. The van der Waals surface area contributed by atoms with E-state index in [0.29, 0.717) is 21.2 Å². The molecule has 10 heteroatoms. The normalized spacial score (nSPS) is 10.9. The van der Waals surface area contributed by atoms with Crippen LogP contribution in [0.3, 0.4) is 0 Å². The Bertz CT molecular complexity index is 1370. The molecule has 0 atom stereocenters. The Kier molecular flexibility index (Phi) is 8.61. The topological polar surface area (TPSA) is 109 Å². The van der Waals surface area contributed by atoms with Gasteiger partial charge in [-0.2, -0.15) is 5.26 Å². The first-order chi connectivity index (χ1) is 16.7. The fourth-order valence-electron chi connectivity index (χ4n) is 3.00. The second-order valence-electron chi connectivity index (χ2n) is 7.07. The Balaban J connectivity index is 1.82. The quantitative estimate of drug-likeness (QED) is 0.254. The number of nitriles is 1. The van der Waals surface area contributed by atoms with Crippen LogP contribution in [0.2, 0.25) is 15.1 Å². The van der Waals surface area contributed by atoms with E-state index in [4.69, 9.17) is 49.4 Å². The number of rotatable bonds is 8. The predicted molar refractivity (Wildman–Crippen MR) is 134 cm³/mol. The lowest BCUT2D eigenvalue weighted by Crippen LogP contribution is -2.14. The first kappa shape index (κ1) is 25.9. The lowest BCUT2D eigenvalue weighted by molar-refractivity contribution is -0.112. The first-order valence-corrected chi connectivity index (χ1v) is 11.1. The molecule has 2 N–H and O–H groups in total. The minimum absolute atomic E-state index is 0.00252. The number of carbonyl (C=O) groups excluding carboxylic acids is 1. The Hall–Kier alpha value is -3.70. The summed E-state index contributed by atoms with van der Waals surface area (Å²) in [7, 11) is 1.43. The molecule has 0 radical (unpaired) electrons. The number of hydrogen-bond acceptors (Lipinski definition) is 5. The molecule has 1 amide bonds. The van der Waals surface area contributed by atoms with Gasteiger partial charge in [-0.1, -0.05) is 46.9 Å². The molecule has 3 rings (SSSR count). The second kappa shape index (κ2) is 11.6. The van der Waals surface area contributed by atoms with E-state index in [0.717, 1.165) is 0 Å². The van der Waals surface area contributed by atoms with E-state index in [-0.39, 0.29) is 40.0 Å². The van der Waals surface area contributed by atoms with Gasteiger partial charge in [0.2, 0.25) is 0 Å². The first-order valence-electron chi connectivity index (χ1n) is 9.92.